The molecule has 0 amide bonds. The van der Waals surface area contributed by atoms with Crippen molar-refractivity contribution in [2.45, 2.75) is 46.1 Å². The van der Waals surface area contributed by atoms with Gasteiger partial charge >= 0.3 is 0 Å². The second-order valence-electron chi connectivity index (χ2n) is 10.1. The molecule has 166 valence electrons. The van der Waals surface area contributed by atoms with Gasteiger partial charge in [0.05, 0.1) is 17.9 Å². The number of nitrogens with one attached hydrogen (secondary N) is 1. The van der Waals surface area contributed by atoms with E-state index in [9.17, 15) is 0 Å². The molecule has 5 heterocycles. The SMILES string of the molecule is CCc1cnc2ncc(-c3ccn4nc(NC5CC6(C5)CN(CC(C)C)C6)ncc34)cn12. The number of nitrogens with zero attached hydrogens (tertiary/aromatic N) is 7. The molecule has 0 atom stereocenters. The van der Waals surface area contributed by atoms with Crippen LogP contribution in [0, 0.1) is 11.3 Å². The van der Waals surface area contributed by atoms with Gasteiger partial charge in [0.1, 0.15) is 0 Å². The van der Waals surface area contributed by atoms with Crippen LogP contribution in [-0.4, -0.2) is 59.5 Å². The van der Waals surface area contributed by atoms with Gasteiger partial charge in [0.15, 0.2) is 0 Å². The summed E-state index contributed by atoms with van der Waals surface area (Å²) in [6.07, 6.45) is 13.1. The van der Waals surface area contributed by atoms with Gasteiger partial charge in [-0.3, -0.25) is 4.40 Å². The summed E-state index contributed by atoms with van der Waals surface area (Å²) in [5.74, 6) is 2.18. The van der Waals surface area contributed by atoms with Crippen LogP contribution >= 0.6 is 0 Å². The van der Waals surface area contributed by atoms with E-state index in [0.717, 1.165) is 40.5 Å². The van der Waals surface area contributed by atoms with Crippen molar-refractivity contribution in [3.8, 4) is 11.1 Å². The first-order chi connectivity index (χ1) is 15.5. The summed E-state index contributed by atoms with van der Waals surface area (Å²) in [6, 6.07) is 2.55. The minimum atomic E-state index is 0.476. The number of imidazole rings is 1. The third kappa shape index (κ3) is 3.24. The molecular formula is C24H30N8. The Kier molecular flexibility index (Phi) is 4.47. The summed E-state index contributed by atoms with van der Waals surface area (Å²) in [6.45, 7) is 10.4. The highest BCUT2D eigenvalue weighted by molar-refractivity contribution is 5.79. The van der Waals surface area contributed by atoms with E-state index < -0.39 is 0 Å². The van der Waals surface area contributed by atoms with Crippen molar-refractivity contribution in [1.82, 2.24) is 33.9 Å². The molecule has 8 nitrogen and oxygen atoms in total. The van der Waals surface area contributed by atoms with Crippen LogP contribution in [0.5, 0.6) is 0 Å². The van der Waals surface area contributed by atoms with Crippen LogP contribution in [0.25, 0.3) is 22.4 Å². The van der Waals surface area contributed by atoms with Gasteiger partial charge in [0.2, 0.25) is 11.7 Å². The van der Waals surface area contributed by atoms with E-state index in [-0.39, 0.29) is 0 Å². The number of anilines is 1. The van der Waals surface area contributed by atoms with Gasteiger partial charge in [-0.25, -0.2) is 19.5 Å². The van der Waals surface area contributed by atoms with Crippen molar-refractivity contribution in [2.75, 3.05) is 25.0 Å². The molecule has 0 bridgehead atoms. The first kappa shape index (κ1) is 19.7. The minimum Gasteiger partial charge on any atom is -0.350 e. The van der Waals surface area contributed by atoms with Gasteiger partial charge in [-0.15, -0.1) is 5.10 Å². The smallest absolute Gasteiger partial charge is 0.241 e. The van der Waals surface area contributed by atoms with Crippen molar-refractivity contribution >= 4 is 17.2 Å². The zero-order valence-electron chi connectivity index (χ0n) is 19.0. The van der Waals surface area contributed by atoms with Crippen LogP contribution in [-0.2, 0) is 6.42 Å². The van der Waals surface area contributed by atoms with E-state index in [1.165, 1.54) is 32.5 Å². The largest absolute Gasteiger partial charge is 0.350 e. The summed E-state index contributed by atoms with van der Waals surface area (Å²) >= 11 is 0. The summed E-state index contributed by atoms with van der Waals surface area (Å²) < 4.78 is 3.97. The first-order valence-electron chi connectivity index (χ1n) is 11.7. The Hall–Kier alpha value is -3.00. The quantitative estimate of drug-likeness (QED) is 0.504. The highest BCUT2D eigenvalue weighted by Crippen LogP contribution is 2.49. The van der Waals surface area contributed by atoms with Crippen LogP contribution in [0.4, 0.5) is 5.95 Å². The lowest BCUT2D eigenvalue weighted by Gasteiger charge is -2.59. The molecule has 8 heteroatoms. The zero-order chi connectivity index (χ0) is 21.9. The van der Waals surface area contributed by atoms with Gasteiger partial charge in [0.25, 0.3) is 0 Å². The van der Waals surface area contributed by atoms with E-state index in [2.05, 4.69) is 62.6 Å². The van der Waals surface area contributed by atoms with Gasteiger partial charge in [-0.05, 0) is 36.7 Å². The second kappa shape index (κ2) is 7.27. The standard InChI is InChI=1S/C24H30N8/c1-4-19-10-27-23-26-9-17(13-31(19)23)20-5-6-32-21(20)11-25-22(29-32)28-18-7-24(8-18)14-30(15-24)12-16(2)3/h5-6,9-11,13,16,18H,4,7-8,12,14-15H2,1-3H3,(H,28,29). The zero-order valence-corrected chi connectivity index (χ0v) is 19.0. The lowest BCUT2D eigenvalue weighted by atomic mass is 9.60. The molecular weight excluding hydrogens is 400 g/mol. The molecule has 1 spiro atoms. The molecule has 2 aliphatic rings. The molecule has 1 saturated carbocycles. The predicted molar refractivity (Wildman–Crippen MR) is 125 cm³/mol. The van der Waals surface area contributed by atoms with Gasteiger partial charge < -0.3 is 10.2 Å². The Morgan fingerprint density at radius 1 is 1.12 bits per heavy atom. The second-order valence-corrected chi connectivity index (χ2v) is 10.1. The van der Waals surface area contributed by atoms with E-state index in [1.807, 2.05) is 29.3 Å². The van der Waals surface area contributed by atoms with Crippen LogP contribution < -0.4 is 5.32 Å². The molecule has 1 saturated heterocycles. The minimum absolute atomic E-state index is 0.476. The van der Waals surface area contributed by atoms with Crippen molar-refractivity contribution < 1.29 is 0 Å². The maximum absolute atomic E-state index is 4.72. The van der Waals surface area contributed by atoms with Crippen LogP contribution in [0.2, 0.25) is 0 Å². The maximum atomic E-state index is 4.72. The normalized spacial score (nSPS) is 18.5. The van der Waals surface area contributed by atoms with Crippen molar-refractivity contribution in [3.05, 3.63) is 42.7 Å². The Morgan fingerprint density at radius 2 is 1.94 bits per heavy atom. The number of fused-ring (bicyclic) bond motifs is 2. The molecule has 4 aromatic rings. The summed E-state index contributed by atoms with van der Waals surface area (Å²) in [7, 11) is 0. The molecule has 2 fully saturated rings. The monoisotopic (exact) mass is 430 g/mol. The summed E-state index contributed by atoms with van der Waals surface area (Å²) in [4.78, 5) is 16.1. The van der Waals surface area contributed by atoms with E-state index in [1.54, 1.807) is 0 Å². The first-order valence-corrected chi connectivity index (χ1v) is 11.7. The highest BCUT2D eigenvalue weighted by atomic mass is 15.3. The van der Waals surface area contributed by atoms with E-state index in [4.69, 9.17) is 5.10 Å². The number of hydrogen-bond acceptors (Lipinski definition) is 6. The molecule has 6 rings (SSSR count). The molecule has 0 aromatic carbocycles. The molecule has 4 aromatic heterocycles. The summed E-state index contributed by atoms with van der Waals surface area (Å²) in [5.41, 5.74) is 4.77. The Morgan fingerprint density at radius 3 is 2.72 bits per heavy atom. The topological polar surface area (TPSA) is 75.7 Å². The fraction of sp³-hybridized carbons (Fsp3) is 0.500. The number of rotatable bonds is 6. The third-order valence-corrected chi connectivity index (χ3v) is 6.96. The van der Waals surface area contributed by atoms with E-state index >= 15 is 0 Å². The number of likely N-dealkylation sites (tertiary alicyclic amines) is 1. The number of aromatic nitrogens is 6. The molecule has 0 unspecified atom stereocenters. The van der Waals surface area contributed by atoms with Crippen LogP contribution in [0.3, 0.4) is 0 Å². The Labute approximate surface area is 187 Å². The van der Waals surface area contributed by atoms with Crippen molar-refractivity contribution in [2.24, 2.45) is 11.3 Å². The van der Waals surface area contributed by atoms with Crippen LogP contribution in [0.15, 0.2) is 37.1 Å². The molecule has 0 radical (unpaired) electrons. The average molecular weight is 431 g/mol. The summed E-state index contributed by atoms with van der Waals surface area (Å²) in [5, 5.41) is 8.27. The molecule has 1 aliphatic heterocycles. The Balaban J connectivity index is 1.16. The average Bonchev–Trinajstić information content (AvgIpc) is 3.33. The van der Waals surface area contributed by atoms with Gasteiger partial charge in [-0.1, -0.05) is 20.8 Å². The molecule has 1 aliphatic carbocycles. The number of aryl methyl sites for hydroxylation is 1. The van der Waals surface area contributed by atoms with Crippen LogP contribution in [0.1, 0.15) is 39.3 Å². The fourth-order valence-corrected chi connectivity index (χ4v) is 5.61. The van der Waals surface area contributed by atoms with Crippen molar-refractivity contribution in [3.63, 3.8) is 0 Å². The van der Waals surface area contributed by atoms with Gasteiger partial charge in [-0.2, -0.15) is 0 Å². The lowest BCUT2D eigenvalue weighted by Crippen LogP contribution is -2.65. The van der Waals surface area contributed by atoms with Gasteiger partial charge in [0, 0.05) is 61.1 Å². The number of hydrogen-bond donors (Lipinski definition) is 1. The fourth-order valence-electron chi connectivity index (χ4n) is 5.61. The Bertz CT molecular complexity index is 1270. The van der Waals surface area contributed by atoms with Crippen molar-refractivity contribution in [1.29, 1.82) is 0 Å². The highest BCUT2D eigenvalue weighted by Gasteiger charge is 2.52. The molecule has 1 N–H and O–H groups in total. The van der Waals surface area contributed by atoms with E-state index in [0.29, 0.717) is 17.4 Å². The predicted octanol–water partition coefficient (Wildman–Crippen LogP) is 3.53. The lowest BCUT2D eigenvalue weighted by molar-refractivity contribution is -0.0711. The maximum Gasteiger partial charge on any atom is 0.241 e. The third-order valence-electron chi connectivity index (χ3n) is 6.96. The molecule has 32 heavy (non-hydrogen) atoms.